The van der Waals surface area contributed by atoms with Crippen molar-refractivity contribution >= 4 is 40.9 Å². The number of hydrogen-bond acceptors (Lipinski definition) is 5. The van der Waals surface area contributed by atoms with Gasteiger partial charge in [-0.3, -0.25) is 19.4 Å². The fourth-order valence-corrected chi connectivity index (χ4v) is 3.37. The monoisotopic (exact) mass is 435 g/mol. The first-order valence-electron chi connectivity index (χ1n) is 8.89. The van der Waals surface area contributed by atoms with Crippen LogP contribution in [-0.4, -0.2) is 64.9 Å². The molecule has 1 fully saturated rings. The predicted molar refractivity (Wildman–Crippen MR) is 109 cm³/mol. The Bertz CT molecular complexity index is 925. The van der Waals surface area contributed by atoms with Crippen LogP contribution in [0.3, 0.4) is 0 Å². The molecule has 3 amide bonds. The second-order valence-electron chi connectivity index (χ2n) is 6.32. The van der Waals surface area contributed by atoms with Gasteiger partial charge in [0.05, 0.1) is 15.6 Å². The van der Waals surface area contributed by atoms with Crippen LogP contribution < -0.4 is 11.1 Å². The number of nitrogens with two attached hydrogens (primary N) is 1. The zero-order valence-electron chi connectivity index (χ0n) is 15.3. The number of aromatic nitrogens is 1. The van der Waals surface area contributed by atoms with Gasteiger partial charge < -0.3 is 20.9 Å². The maximum Gasteiger partial charge on any atom is 0.263 e. The van der Waals surface area contributed by atoms with E-state index in [4.69, 9.17) is 28.9 Å². The van der Waals surface area contributed by atoms with Crippen molar-refractivity contribution in [3.63, 3.8) is 0 Å². The van der Waals surface area contributed by atoms with Crippen molar-refractivity contribution < 1.29 is 14.4 Å². The Balaban J connectivity index is 1.91. The molecule has 3 N–H and O–H groups in total. The third-order valence-corrected chi connectivity index (χ3v) is 5.19. The summed E-state index contributed by atoms with van der Waals surface area (Å²) in [5, 5.41) is 3.19. The Morgan fingerprint density at radius 1 is 1.07 bits per heavy atom. The summed E-state index contributed by atoms with van der Waals surface area (Å²) in [7, 11) is 0. The SMILES string of the molecule is NCCNC(=O)C1N(C(=O)c2cccnc2)CCN1C(=O)c1ccc(Cl)c(Cl)c1. The number of nitrogens with one attached hydrogen (secondary N) is 1. The molecule has 1 aliphatic heterocycles. The van der Waals surface area contributed by atoms with Crippen LogP contribution in [0.1, 0.15) is 20.7 Å². The largest absolute Gasteiger partial charge is 0.351 e. The molecule has 10 heteroatoms. The van der Waals surface area contributed by atoms with Crippen LogP contribution >= 0.6 is 23.2 Å². The van der Waals surface area contributed by atoms with E-state index >= 15 is 0 Å². The summed E-state index contributed by atoms with van der Waals surface area (Å²) in [6.45, 7) is 0.835. The van der Waals surface area contributed by atoms with E-state index in [2.05, 4.69) is 10.3 Å². The first-order valence-corrected chi connectivity index (χ1v) is 9.64. The molecular weight excluding hydrogens is 417 g/mol. The van der Waals surface area contributed by atoms with Crippen LogP contribution in [0.25, 0.3) is 0 Å². The van der Waals surface area contributed by atoms with Gasteiger partial charge in [0.25, 0.3) is 17.7 Å². The van der Waals surface area contributed by atoms with Crippen molar-refractivity contribution in [1.29, 1.82) is 0 Å². The van der Waals surface area contributed by atoms with Crippen molar-refractivity contribution in [2.75, 3.05) is 26.2 Å². The molecule has 152 valence electrons. The fraction of sp³-hybridized carbons (Fsp3) is 0.263. The Labute approximate surface area is 177 Å². The molecule has 1 atom stereocenters. The topological polar surface area (TPSA) is 109 Å². The number of nitrogens with zero attached hydrogens (tertiary/aromatic N) is 3. The van der Waals surface area contributed by atoms with E-state index in [0.717, 1.165) is 0 Å². The molecule has 3 rings (SSSR count). The number of hydrogen-bond donors (Lipinski definition) is 2. The lowest BCUT2D eigenvalue weighted by molar-refractivity contribution is -0.128. The van der Waals surface area contributed by atoms with E-state index in [0.29, 0.717) is 10.6 Å². The van der Waals surface area contributed by atoms with Crippen LogP contribution in [0.4, 0.5) is 0 Å². The Kier molecular flexibility index (Phi) is 6.68. The van der Waals surface area contributed by atoms with Crippen molar-refractivity contribution in [3.05, 3.63) is 63.9 Å². The average Bonchev–Trinajstić information content (AvgIpc) is 3.18. The van der Waals surface area contributed by atoms with Gasteiger partial charge >= 0.3 is 0 Å². The summed E-state index contributed by atoms with van der Waals surface area (Å²) < 4.78 is 0. The number of rotatable bonds is 5. The molecular formula is C19H19Cl2N5O3. The Morgan fingerprint density at radius 2 is 1.76 bits per heavy atom. The standard InChI is InChI=1S/C19H19Cl2N5O3/c20-14-4-3-12(10-15(14)21)18(28)25-8-9-26(17(25)16(27)24-7-5-22)19(29)13-2-1-6-23-11-13/h1-4,6,10-11,17H,5,7-9,22H2,(H,24,27). The van der Waals surface area contributed by atoms with E-state index in [1.54, 1.807) is 18.3 Å². The molecule has 0 radical (unpaired) electrons. The molecule has 0 saturated carbocycles. The second-order valence-corrected chi connectivity index (χ2v) is 7.14. The quantitative estimate of drug-likeness (QED) is 0.737. The van der Waals surface area contributed by atoms with E-state index in [-0.39, 0.29) is 36.8 Å². The molecule has 8 nitrogen and oxygen atoms in total. The fourth-order valence-electron chi connectivity index (χ4n) is 3.07. The predicted octanol–water partition coefficient (Wildman–Crippen LogP) is 1.39. The van der Waals surface area contributed by atoms with Crippen LogP contribution in [0.5, 0.6) is 0 Å². The van der Waals surface area contributed by atoms with Gasteiger partial charge in [-0.2, -0.15) is 0 Å². The van der Waals surface area contributed by atoms with E-state index in [1.807, 2.05) is 0 Å². The number of carbonyl (C=O) groups excluding carboxylic acids is 3. The van der Waals surface area contributed by atoms with Gasteiger partial charge in [-0.05, 0) is 30.3 Å². The second kappa shape index (κ2) is 9.21. The van der Waals surface area contributed by atoms with Gasteiger partial charge in [-0.25, -0.2) is 0 Å². The number of benzene rings is 1. The molecule has 0 spiro atoms. The Hall–Kier alpha value is -2.68. The minimum absolute atomic E-state index is 0.186. The molecule has 0 bridgehead atoms. The van der Waals surface area contributed by atoms with Gasteiger partial charge in [0.1, 0.15) is 0 Å². The summed E-state index contributed by atoms with van der Waals surface area (Å²) >= 11 is 11.9. The molecule has 2 heterocycles. The van der Waals surface area contributed by atoms with Gasteiger partial charge in [0.2, 0.25) is 0 Å². The summed E-state index contributed by atoms with van der Waals surface area (Å²) in [5.41, 5.74) is 6.06. The third kappa shape index (κ3) is 4.50. The number of halogens is 2. The highest BCUT2D eigenvalue weighted by atomic mass is 35.5. The zero-order chi connectivity index (χ0) is 21.0. The van der Waals surface area contributed by atoms with Crippen molar-refractivity contribution in [2.24, 2.45) is 5.73 Å². The van der Waals surface area contributed by atoms with Crippen molar-refractivity contribution in [2.45, 2.75) is 6.17 Å². The number of carbonyl (C=O) groups is 3. The molecule has 29 heavy (non-hydrogen) atoms. The molecule has 1 saturated heterocycles. The van der Waals surface area contributed by atoms with Crippen molar-refractivity contribution in [1.82, 2.24) is 20.1 Å². The molecule has 1 aromatic heterocycles. The Morgan fingerprint density at radius 3 is 2.34 bits per heavy atom. The van der Waals surface area contributed by atoms with Crippen LogP contribution in [-0.2, 0) is 4.79 Å². The third-order valence-electron chi connectivity index (χ3n) is 4.45. The number of pyridine rings is 1. The maximum atomic E-state index is 13.1. The van der Waals surface area contributed by atoms with Gasteiger partial charge in [-0.15, -0.1) is 0 Å². The summed E-state index contributed by atoms with van der Waals surface area (Å²) in [4.78, 5) is 45.4. The highest BCUT2D eigenvalue weighted by Crippen LogP contribution is 2.26. The highest BCUT2D eigenvalue weighted by Gasteiger charge is 2.43. The van der Waals surface area contributed by atoms with Crippen LogP contribution in [0.2, 0.25) is 10.0 Å². The first-order chi connectivity index (χ1) is 13.9. The molecule has 1 unspecified atom stereocenters. The lowest BCUT2D eigenvalue weighted by atomic mass is 10.2. The minimum atomic E-state index is -1.11. The smallest absolute Gasteiger partial charge is 0.263 e. The molecule has 1 aromatic carbocycles. The van der Waals surface area contributed by atoms with E-state index < -0.39 is 23.9 Å². The van der Waals surface area contributed by atoms with E-state index in [9.17, 15) is 14.4 Å². The normalized spacial score (nSPS) is 16.0. The average molecular weight is 436 g/mol. The zero-order valence-corrected chi connectivity index (χ0v) is 16.9. The molecule has 1 aliphatic rings. The maximum absolute atomic E-state index is 13.1. The van der Waals surface area contributed by atoms with E-state index in [1.165, 1.54) is 34.2 Å². The highest BCUT2D eigenvalue weighted by molar-refractivity contribution is 6.42. The summed E-state index contributed by atoms with van der Waals surface area (Å²) in [6.07, 6.45) is 1.85. The van der Waals surface area contributed by atoms with Crippen LogP contribution in [0.15, 0.2) is 42.7 Å². The number of amides is 3. The molecule has 0 aliphatic carbocycles. The van der Waals surface area contributed by atoms with Gasteiger partial charge in [0, 0.05) is 44.1 Å². The summed E-state index contributed by atoms with van der Waals surface area (Å²) in [5.74, 6) is -1.31. The van der Waals surface area contributed by atoms with Crippen LogP contribution in [0, 0.1) is 0 Å². The lowest BCUT2D eigenvalue weighted by Gasteiger charge is -2.29. The molecule has 2 aromatic rings. The van der Waals surface area contributed by atoms with Gasteiger partial charge in [-0.1, -0.05) is 23.2 Å². The summed E-state index contributed by atoms with van der Waals surface area (Å²) in [6, 6.07) is 7.71. The first kappa shape index (κ1) is 21.0. The lowest BCUT2D eigenvalue weighted by Crippen LogP contribution is -2.54. The minimum Gasteiger partial charge on any atom is -0.351 e. The van der Waals surface area contributed by atoms with Gasteiger partial charge in [0.15, 0.2) is 6.17 Å². The van der Waals surface area contributed by atoms with Crippen molar-refractivity contribution in [3.8, 4) is 0 Å².